The van der Waals surface area contributed by atoms with E-state index < -0.39 is 0 Å². The van der Waals surface area contributed by atoms with Gasteiger partial charge in [0.2, 0.25) is 5.91 Å². The Labute approximate surface area is 153 Å². The van der Waals surface area contributed by atoms with E-state index in [0.717, 1.165) is 22.0 Å². The van der Waals surface area contributed by atoms with E-state index in [1.165, 1.54) is 5.56 Å². The van der Waals surface area contributed by atoms with Gasteiger partial charge in [-0.2, -0.15) is 0 Å². The summed E-state index contributed by atoms with van der Waals surface area (Å²) in [4.78, 5) is 29.6. The van der Waals surface area contributed by atoms with Crippen LogP contribution in [0.25, 0.3) is 10.9 Å². The van der Waals surface area contributed by atoms with Gasteiger partial charge in [0.1, 0.15) is 0 Å². The van der Waals surface area contributed by atoms with Gasteiger partial charge in [-0.25, -0.2) is 0 Å². The predicted molar refractivity (Wildman–Crippen MR) is 105 cm³/mol. The SMILES string of the molecule is CCC(=O)N(Cc1ccccc1)Cc1cc2cc(C)c(C)cc2[nH]c1=O. The summed E-state index contributed by atoms with van der Waals surface area (Å²) >= 11 is 0. The van der Waals surface area contributed by atoms with Gasteiger partial charge in [-0.1, -0.05) is 37.3 Å². The molecule has 0 aliphatic carbocycles. The van der Waals surface area contributed by atoms with Crippen molar-refractivity contribution >= 4 is 16.8 Å². The molecule has 1 amide bonds. The Morgan fingerprint density at radius 2 is 1.69 bits per heavy atom. The van der Waals surface area contributed by atoms with E-state index in [2.05, 4.69) is 18.0 Å². The van der Waals surface area contributed by atoms with Crippen LogP contribution in [-0.4, -0.2) is 15.8 Å². The van der Waals surface area contributed by atoms with Gasteiger partial charge in [0, 0.05) is 24.0 Å². The van der Waals surface area contributed by atoms with E-state index in [-0.39, 0.29) is 11.5 Å². The number of carbonyl (C=O) groups excluding carboxylic acids is 1. The fraction of sp³-hybridized carbons (Fsp3) is 0.273. The Balaban J connectivity index is 1.95. The standard InChI is InChI=1S/C22H24N2O2/c1-4-21(25)24(13-17-8-6-5-7-9-17)14-19-12-18-10-15(2)16(3)11-20(18)23-22(19)26/h5-12H,4,13-14H2,1-3H3,(H,23,26). The number of fused-ring (bicyclic) bond motifs is 1. The van der Waals surface area contributed by atoms with Crippen molar-refractivity contribution in [1.29, 1.82) is 0 Å². The van der Waals surface area contributed by atoms with E-state index >= 15 is 0 Å². The van der Waals surface area contributed by atoms with Crippen molar-refractivity contribution in [3.63, 3.8) is 0 Å². The van der Waals surface area contributed by atoms with Gasteiger partial charge < -0.3 is 9.88 Å². The quantitative estimate of drug-likeness (QED) is 0.755. The molecule has 0 unspecified atom stereocenters. The number of aromatic amines is 1. The normalized spacial score (nSPS) is 10.9. The van der Waals surface area contributed by atoms with Crippen LogP contribution in [0, 0.1) is 13.8 Å². The lowest BCUT2D eigenvalue weighted by Crippen LogP contribution is -2.31. The molecule has 1 aromatic heterocycles. The molecule has 3 rings (SSSR count). The van der Waals surface area contributed by atoms with E-state index in [4.69, 9.17) is 0 Å². The number of amides is 1. The minimum absolute atomic E-state index is 0.0356. The zero-order valence-corrected chi connectivity index (χ0v) is 15.5. The third-order valence-corrected chi connectivity index (χ3v) is 4.77. The van der Waals surface area contributed by atoms with Crippen LogP contribution in [0.1, 0.15) is 35.6 Å². The molecule has 134 valence electrons. The average molecular weight is 348 g/mol. The van der Waals surface area contributed by atoms with Crippen molar-refractivity contribution < 1.29 is 4.79 Å². The van der Waals surface area contributed by atoms with Crippen LogP contribution in [0.4, 0.5) is 0 Å². The topological polar surface area (TPSA) is 53.2 Å². The number of hydrogen-bond donors (Lipinski definition) is 1. The summed E-state index contributed by atoms with van der Waals surface area (Å²) in [5, 5.41) is 0.992. The van der Waals surface area contributed by atoms with Gasteiger partial charge in [0.15, 0.2) is 0 Å². The lowest BCUT2D eigenvalue weighted by atomic mass is 10.0. The van der Waals surface area contributed by atoms with Crippen LogP contribution in [0.3, 0.4) is 0 Å². The van der Waals surface area contributed by atoms with E-state index in [1.807, 2.05) is 56.3 Å². The molecule has 0 radical (unpaired) electrons. The first-order chi connectivity index (χ1) is 12.5. The number of aryl methyl sites for hydroxylation is 2. The lowest BCUT2D eigenvalue weighted by Gasteiger charge is -2.22. The average Bonchev–Trinajstić information content (AvgIpc) is 2.63. The number of hydrogen-bond acceptors (Lipinski definition) is 2. The number of pyridine rings is 1. The first-order valence-electron chi connectivity index (χ1n) is 8.92. The van der Waals surface area contributed by atoms with Crippen LogP contribution < -0.4 is 5.56 Å². The fourth-order valence-corrected chi connectivity index (χ4v) is 3.10. The number of nitrogens with zero attached hydrogens (tertiary/aromatic N) is 1. The molecule has 0 saturated heterocycles. The minimum atomic E-state index is -0.136. The fourth-order valence-electron chi connectivity index (χ4n) is 3.10. The highest BCUT2D eigenvalue weighted by atomic mass is 16.2. The Bertz CT molecular complexity index is 990. The van der Waals surface area contributed by atoms with E-state index in [9.17, 15) is 9.59 Å². The molecule has 26 heavy (non-hydrogen) atoms. The molecule has 0 aliphatic heterocycles. The first kappa shape index (κ1) is 17.9. The number of carbonyl (C=O) groups is 1. The van der Waals surface area contributed by atoms with Crippen LogP contribution >= 0.6 is 0 Å². The predicted octanol–water partition coefficient (Wildman–Crippen LogP) is 4.08. The summed E-state index contributed by atoms with van der Waals surface area (Å²) in [5.41, 5.74) is 4.69. The lowest BCUT2D eigenvalue weighted by molar-refractivity contribution is -0.132. The van der Waals surface area contributed by atoms with Crippen LogP contribution in [0.5, 0.6) is 0 Å². The molecule has 0 atom stereocenters. The molecule has 0 saturated carbocycles. The van der Waals surface area contributed by atoms with Crippen molar-refractivity contribution in [1.82, 2.24) is 9.88 Å². The van der Waals surface area contributed by atoms with Gasteiger partial charge in [-0.15, -0.1) is 0 Å². The van der Waals surface area contributed by atoms with Gasteiger partial charge in [0.25, 0.3) is 5.56 Å². The number of H-pyrrole nitrogens is 1. The van der Waals surface area contributed by atoms with Crippen molar-refractivity contribution in [3.8, 4) is 0 Å². The van der Waals surface area contributed by atoms with Gasteiger partial charge in [-0.3, -0.25) is 9.59 Å². The maximum atomic E-state index is 12.5. The summed E-state index contributed by atoms with van der Waals surface area (Å²) in [6, 6.07) is 15.8. The van der Waals surface area contributed by atoms with E-state index in [0.29, 0.717) is 25.1 Å². The minimum Gasteiger partial charge on any atom is -0.334 e. The molecule has 1 heterocycles. The number of benzene rings is 2. The molecule has 3 aromatic rings. The summed E-state index contributed by atoms with van der Waals surface area (Å²) < 4.78 is 0. The molecule has 0 aliphatic rings. The summed E-state index contributed by atoms with van der Waals surface area (Å²) in [7, 11) is 0. The van der Waals surface area contributed by atoms with E-state index in [1.54, 1.807) is 4.90 Å². The zero-order chi connectivity index (χ0) is 18.7. The maximum absolute atomic E-state index is 12.5. The van der Waals surface area contributed by atoms with Crippen molar-refractivity contribution in [3.05, 3.63) is 81.1 Å². The second-order valence-corrected chi connectivity index (χ2v) is 6.74. The monoisotopic (exact) mass is 348 g/mol. The highest BCUT2D eigenvalue weighted by Gasteiger charge is 2.15. The third kappa shape index (κ3) is 3.85. The third-order valence-electron chi connectivity index (χ3n) is 4.77. The van der Waals surface area contributed by atoms with Crippen molar-refractivity contribution in [2.45, 2.75) is 40.3 Å². The Hall–Kier alpha value is -2.88. The molecule has 1 N–H and O–H groups in total. The highest BCUT2D eigenvalue weighted by molar-refractivity contribution is 5.81. The molecule has 2 aromatic carbocycles. The van der Waals surface area contributed by atoms with Gasteiger partial charge in [0.05, 0.1) is 6.54 Å². The number of rotatable bonds is 5. The second kappa shape index (κ2) is 7.56. The van der Waals surface area contributed by atoms with Crippen molar-refractivity contribution in [2.75, 3.05) is 0 Å². The molecular formula is C22H24N2O2. The smallest absolute Gasteiger partial charge is 0.253 e. The Kier molecular flexibility index (Phi) is 5.21. The number of aromatic nitrogens is 1. The van der Waals surface area contributed by atoms with Crippen molar-refractivity contribution in [2.24, 2.45) is 0 Å². The largest absolute Gasteiger partial charge is 0.334 e. The van der Waals surface area contributed by atoms with Gasteiger partial charge in [-0.05, 0) is 54.1 Å². The molecule has 0 bridgehead atoms. The highest BCUT2D eigenvalue weighted by Crippen LogP contribution is 2.18. The van der Waals surface area contributed by atoms with Crippen LogP contribution in [0.2, 0.25) is 0 Å². The summed E-state index contributed by atoms with van der Waals surface area (Å²) in [6.07, 6.45) is 0.413. The molecule has 4 heteroatoms. The first-order valence-corrected chi connectivity index (χ1v) is 8.92. The Morgan fingerprint density at radius 3 is 2.38 bits per heavy atom. The second-order valence-electron chi connectivity index (χ2n) is 6.74. The number of nitrogens with one attached hydrogen (secondary N) is 1. The van der Waals surface area contributed by atoms with Crippen LogP contribution in [0.15, 0.2) is 53.3 Å². The molecule has 0 fully saturated rings. The van der Waals surface area contributed by atoms with Gasteiger partial charge >= 0.3 is 0 Å². The molecule has 4 nitrogen and oxygen atoms in total. The zero-order valence-electron chi connectivity index (χ0n) is 15.5. The summed E-state index contributed by atoms with van der Waals surface area (Å²) in [6.45, 7) is 6.74. The molecular weight excluding hydrogens is 324 g/mol. The van der Waals surface area contributed by atoms with Crippen LogP contribution in [-0.2, 0) is 17.9 Å². The summed E-state index contributed by atoms with van der Waals surface area (Å²) in [5.74, 6) is 0.0356. The molecule has 0 spiro atoms. The maximum Gasteiger partial charge on any atom is 0.253 e. The Morgan fingerprint density at radius 1 is 1.00 bits per heavy atom.